The Morgan fingerprint density at radius 3 is 2.79 bits per heavy atom. The van der Waals surface area contributed by atoms with Crippen molar-refractivity contribution in [2.75, 3.05) is 13.6 Å². The molecule has 1 saturated carbocycles. The summed E-state index contributed by atoms with van der Waals surface area (Å²) in [5, 5.41) is 3.32. The molecule has 0 spiro atoms. The molecule has 0 saturated heterocycles. The lowest BCUT2D eigenvalue weighted by Crippen LogP contribution is -2.31. The first-order chi connectivity index (χ1) is 9.24. The molecule has 0 aromatic heterocycles. The second-order valence-corrected chi connectivity index (χ2v) is 5.92. The maximum atomic E-state index is 12.4. The largest absolute Gasteiger partial charge is 0.341 e. The molecule has 1 heterocycles. The molecular formula is C16H22N2O. The van der Waals surface area contributed by atoms with Gasteiger partial charge in [-0.15, -0.1) is 0 Å². The molecule has 1 amide bonds. The minimum absolute atomic E-state index is 0.168. The first-order valence-electron chi connectivity index (χ1n) is 7.32. The number of fused-ring (bicyclic) bond motifs is 1. The van der Waals surface area contributed by atoms with E-state index < -0.39 is 0 Å². The number of benzene rings is 1. The molecule has 1 aliphatic heterocycles. The third kappa shape index (κ3) is 2.66. The third-order valence-corrected chi connectivity index (χ3v) is 4.44. The third-order valence-electron chi connectivity index (χ3n) is 4.44. The van der Waals surface area contributed by atoms with Gasteiger partial charge in [-0.3, -0.25) is 4.79 Å². The van der Waals surface area contributed by atoms with Gasteiger partial charge in [-0.2, -0.15) is 0 Å². The molecular weight excluding hydrogens is 236 g/mol. The Bertz CT molecular complexity index is 478. The molecule has 1 aliphatic carbocycles. The fourth-order valence-electron chi connectivity index (χ4n) is 3.31. The van der Waals surface area contributed by atoms with Gasteiger partial charge in [-0.1, -0.05) is 18.9 Å². The van der Waals surface area contributed by atoms with Gasteiger partial charge in [0.25, 0.3) is 5.91 Å². The summed E-state index contributed by atoms with van der Waals surface area (Å²) in [7, 11) is 1.94. The van der Waals surface area contributed by atoms with E-state index in [2.05, 4.69) is 17.4 Å². The van der Waals surface area contributed by atoms with Crippen molar-refractivity contribution < 1.29 is 4.79 Å². The van der Waals surface area contributed by atoms with Crippen LogP contribution in [-0.4, -0.2) is 24.4 Å². The molecule has 3 rings (SSSR count). The standard InChI is InChI=1S/C16H22N2O/c1-18(11-12-4-2-3-5-12)16(19)13-6-7-14-9-17-10-15(14)8-13/h6-8,12,17H,2-5,9-11H2,1H3. The predicted octanol–water partition coefficient (Wildman–Crippen LogP) is 2.55. The highest BCUT2D eigenvalue weighted by Crippen LogP contribution is 2.26. The van der Waals surface area contributed by atoms with E-state index in [4.69, 9.17) is 0 Å². The summed E-state index contributed by atoms with van der Waals surface area (Å²) in [6.07, 6.45) is 5.23. The highest BCUT2D eigenvalue weighted by atomic mass is 16.2. The second kappa shape index (κ2) is 5.33. The van der Waals surface area contributed by atoms with Gasteiger partial charge < -0.3 is 10.2 Å². The van der Waals surface area contributed by atoms with E-state index in [-0.39, 0.29) is 5.91 Å². The van der Waals surface area contributed by atoms with E-state index in [9.17, 15) is 4.79 Å². The number of hydrogen-bond donors (Lipinski definition) is 1. The molecule has 102 valence electrons. The smallest absolute Gasteiger partial charge is 0.253 e. The van der Waals surface area contributed by atoms with Crippen molar-refractivity contribution >= 4 is 5.91 Å². The fraction of sp³-hybridized carbons (Fsp3) is 0.562. The molecule has 1 aromatic rings. The van der Waals surface area contributed by atoms with Gasteiger partial charge in [-0.05, 0) is 42.0 Å². The van der Waals surface area contributed by atoms with Crippen LogP contribution in [0.4, 0.5) is 0 Å². The number of carbonyl (C=O) groups excluding carboxylic acids is 1. The van der Waals surface area contributed by atoms with Gasteiger partial charge in [0, 0.05) is 32.2 Å². The summed E-state index contributed by atoms with van der Waals surface area (Å²) in [6.45, 7) is 2.73. The summed E-state index contributed by atoms with van der Waals surface area (Å²) in [4.78, 5) is 14.3. The lowest BCUT2D eigenvalue weighted by molar-refractivity contribution is 0.0773. The molecule has 1 fully saturated rings. The normalized spacial score (nSPS) is 18.6. The maximum absolute atomic E-state index is 12.4. The number of carbonyl (C=O) groups is 1. The summed E-state index contributed by atoms with van der Waals surface area (Å²) in [5.41, 5.74) is 3.44. The van der Waals surface area contributed by atoms with E-state index in [0.29, 0.717) is 5.92 Å². The van der Waals surface area contributed by atoms with Crippen molar-refractivity contribution in [2.45, 2.75) is 38.8 Å². The Hall–Kier alpha value is -1.35. The van der Waals surface area contributed by atoms with E-state index in [1.54, 1.807) is 0 Å². The van der Waals surface area contributed by atoms with Crippen LogP contribution in [-0.2, 0) is 13.1 Å². The number of rotatable bonds is 3. The number of amides is 1. The Balaban J connectivity index is 1.68. The quantitative estimate of drug-likeness (QED) is 0.903. The predicted molar refractivity (Wildman–Crippen MR) is 75.9 cm³/mol. The number of nitrogens with zero attached hydrogens (tertiary/aromatic N) is 1. The second-order valence-electron chi connectivity index (χ2n) is 5.92. The van der Waals surface area contributed by atoms with Crippen LogP contribution in [0.5, 0.6) is 0 Å². The van der Waals surface area contributed by atoms with Gasteiger partial charge in [0.05, 0.1) is 0 Å². The van der Waals surface area contributed by atoms with Crippen LogP contribution in [0.2, 0.25) is 0 Å². The molecule has 0 bridgehead atoms. The molecule has 1 aromatic carbocycles. The van der Waals surface area contributed by atoms with Crippen molar-refractivity contribution in [3.05, 3.63) is 34.9 Å². The van der Waals surface area contributed by atoms with Gasteiger partial charge in [0.1, 0.15) is 0 Å². The van der Waals surface area contributed by atoms with Crippen LogP contribution in [0.3, 0.4) is 0 Å². The minimum Gasteiger partial charge on any atom is -0.341 e. The van der Waals surface area contributed by atoms with Crippen molar-refractivity contribution in [1.29, 1.82) is 0 Å². The van der Waals surface area contributed by atoms with Crippen LogP contribution in [0, 0.1) is 5.92 Å². The molecule has 3 heteroatoms. The van der Waals surface area contributed by atoms with Gasteiger partial charge >= 0.3 is 0 Å². The fourth-order valence-corrected chi connectivity index (χ4v) is 3.31. The van der Waals surface area contributed by atoms with Crippen LogP contribution in [0.1, 0.15) is 47.2 Å². The molecule has 19 heavy (non-hydrogen) atoms. The molecule has 3 nitrogen and oxygen atoms in total. The van der Waals surface area contributed by atoms with Crippen LogP contribution in [0.25, 0.3) is 0 Å². The molecule has 0 atom stereocenters. The summed E-state index contributed by atoms with van der Waals surface area (Å²) < 4.78 is 0. The van der Waals surface area contributed by atoms with E-state index in [0.717, 1.165) is 25.2 Å². The lowest BCUT2D eigenvalue weighted by Gasteiger charge is -2.21. The maximum Gasteiger partial charge on any atom is 0.253 e. The minimum atomic E-state index is 0.168. The number of nitrogens with one attached hydrogen (secondary N) is 1. The summed E-state index contributed by atoms with van der Waals surface area (Å²) in [5.74, 6) is 0.881. The van der Waals surface area contributed by atoms with Crippen LogP contribution >= 0.6 is 0 Å². The highest BCUT2D eigenvalue weighted by Gasteiger charge is 2.21. The SMILES string of the molecule is CN(CC1CCCC1)C(=O)c1ccc2c(c1)CNC2. The van der Waals surface area contributed by atoms with Crippen LogP contribution < -0.4 is 5.32 Å². The molecule has 0 radical (unpaired) electrons. The molecule has 2 aliphatic rings. The topological polar surface area (TPSA) is 32.3 Å². The lowest BCUT2D eigenvalue weighted by atomic mass is 10.0. The summed E-state index contributed by atoms with van der Waals surface area (Å²) in [6, 6.07) is 6.12. The Morgan fingerprint density at radius 1 is 1.26 bits per heavy atom. The van der Waals surface area contributed by atoms with Gasteiger partial charge in [0.15, 0.2) is 0 Å². The van der Waals surface area contributed by atoms with Crippen molar-refractivity contribution in [2.24, 2.45) is 5.92 Å². The Morgan fingerprint density at radius 2 is 2.00 bits per heavy atom. The molecule has 0 unspecified atom stereocenters. The first kappa shape index (κ1) is 12.7. The summed E-state index contributed by atoms with van der Waals surface area (Å²) >= 11 is 0. The van der Waals surface area contributed by atoms with Crippen molar-refractivity contribution in [3.63, 3.8) is 0 Å². The van der Waals surface area contributed by atoms with E-state index in [1.165, 1.54) is 36.8 Å². The Kier molecular flexibility index (Phi) is 3.56. The zero-order chi connectivity index (χ0) is 13.2. The van der Waals surface area contributed by atoms with Crippen LogP contribution in [0.15, 0.2) is 18.2 Å². The van der Waals surface area contributed by atoms with Gasteiger partial charge in [0.2, 0.25) is 0 Å². The zero-order valence-electron chi connectivity index (χ0n) is 11.6. The van der Waals surface area contributed by atoms with Crippen molar-refractivity contribution in [3.8, 4) is 0 Å². The zero-order valence-corrected chi connectivity index (χ0v) is 11.6. The highest BCUT2D eigenvalue weighted by molar-refractivity contribution is 5.94. The molecule has 1 N–H and O–H groups in total. The van der Waals surface area contributed by atoms with Gasteiger partial charge in [-0.25, -0.2) is 0 Å². The van der Waals surface area contributed by atoms with E-state index >= 15 is 0 Å². The average molecular weight is 258 g/mol. The van der Waals surface area contributed by atoms with E-state index in [1.807, 2.05) is 18.0 Å². The average Bonchev–Trinajstić information content (AvgIpc) is 3.07. The number of hydrogen-bond acceptors (Lipinski definition) is 2. The van der Waals surface area contributed by atoms with Crippen molar-refractivity contribution in [1.82, 2.24) is 10.2 Å². The monoisotopic (exact) mass is 258 g/mol. The Labute approximate surface area is 115 Å². The first-order valence-corrected chi connectivity index (χ1v) is 7.32.